The van der Waals surface area contributed by atoms with Crippen LogP contribution >= 0.6 is 0 Å². The standard InChI is InChI=1S/C26H34N4O6/c1-16(2)12-22(26(35)36)30-25(34)21(14-17-6-4-3-5-7-17)29-23(32)15-28-24(33)20(27)13-18-8-10-19(31)11-9-18/h3-11,16,20-22,31H,12-15,27H2,1-2H3,(H,28,33)(H,29,32)(H,30,34)(H,35,36)/t20-,21-,22-/m0/s1. The molecule has 0 aliphatic heterocycles. The number of carbonyl (C=O) groups excluding carboxylic acids is 3. The van der Waals surface area contributed by atoms with E-state index in [9.17, 15) is 29.4 Å². The molecule has 0 aliphatic carbocycles. The number of hydrogen-bond acceptors (Lipinski definition) is 6. The SMILES string of the molecule is CC(C)C[C@H](NC(=O)[C@H](Cc1ccccc1)NC(=O)CNC(=O)[C@@H](N)Cc1ccc(O)cc1)C(=O)O. The summed E-state index contributed by atoms with van der Waals surface area (Å²) in [6.45, 7) is 3.29. The van der Waals surface area contributed by atoms with Crippen LogP contribution in [0.5, 0.6) is 5.75 Å². The molecule has 0 spiro atoms. The molecule has 0 fully saturated rings. The normalized spacial score (nSPS) is 13.3. The lowest BCUT2D eigenvalue weighted by Gasteiger charge is -2.23. The second-order valence-electron chi connectivity index (χ2n) is 9.03. The summed E-state index contributed by atoms with van der Waals surface area (Å²) in [4.78, 5) is 49.4. The molecule has 3 amide bonds. The smallest absolute Gasteiger partial charge is 0.326 e. The lowest BCUT2D eigenvalue weighted by molar-refractivity contribution is -0.142. The molecule has 0 saturated carbocycles. The van der Waals surface area contributed by atoms with Gasteiger partial charge >= 0.3 is 5.97 Å². The van der Waals surface area contributed by atoms with Gasteiger partial charge in [0.2, 0.25) is 17.7 Å². The number of carboxylic acid groups (broad SMARTS) is 1. The zero-order valence-electron chi connectivity index (χ0n) is 20.4. The molecule has 2 aromatic carbocycles. The van der Waals surface area contributed by atoms with E-state index in [0.29, 0.717) is 0 Å². The summed E-state index contributed by atoms with van der Waals surface area (Å²) >= 11 is 0. The number of phenolic OH excluding ortho intramolecular Hbond substituents is 1. The number of phenols is 1. The first-order chi connectivity index (χ1) is 17.0. The van der Waals surface area contributed by atoms with Crippen molar-refractivity contribution in [2.24, 2.45) is 11.7 Å². The minimum absolute atomic E-state index is 0.0366. The van der Waals surface area contributed by atoms with E-state index >= 15 is 0 Å². The van der Waals surface area contributed by atoms with Crippen LogP contribution in [0.1, 0.15) is 31.4 Å². The van der Waals surface area contributed by atoms with Crippen LogP contribution in [0.25, 0.3) is 0 Å². The summed E-state index contributed by atoms with van der Waals surface area (Å²) in [5, 5.41) is 26.4. The Morgan fingerprint density at radius 3 is 2.03 bits per heavy atom. The maximum Gasteiger partial charge on any atom is 0.326 e. The number of nitrogens with one attached hydrogen (secondary N) is 3. The highest BCUT2D eigenvalue weighted by Gasteiger charge is 2.27. The quantitative estimate of drug-likeness (QED) is 0.236. The number of amides is 3. The molecule has 7 N–H and O–H groups in total. The van der Waals surface area contributed by atoms with Gasteiger partial charge in [-0.15, -0.1) is 0 Å². The summed E-state index contributed by atoms with van der Waals surface area (Å²) in [7, 11) is 0. The number of aliphatic carboxylic acids is 1. The average molecular weight is 499 g/mol. The number of aromatic hydroxyl groups is 1. The summed E-state index contributed by atoms with van der Waals surface area (Å²) in [6.07, 6.45) is 0.585. The Balaban J connectivity index is 1.99. The molecule has 0 bridgehead atoms. The highest BCUT2D eigenvalue weighted by molar-refractivity contribution is 5.92. The average Bonchev–Trinajstić information content (AvgIpc) is 2.83. The Hall–Kier alpha value is -3.92. The minimum atomic E-state index is -1.16. The fourth-order valence-corrected chi connectivity index (χ4v) is 3.55. The van der Waals surface area contributed by atoms with E-state index in [0.717, 1.165) is 11.1 Å². The maximum atomic E-state index is 12.9. The van der Waals surface area contributed by atoms with Crippen molar-refractivity contribution in [1.82, 2.24) is 16.0 Å². The molecule has 2 rings (SSSR count). The molecule has 36 heavy (non-hydrogen) atoms. The topological polar surface area (TPSA) is 171 Å². The van der Waals surface area contributed by atoms with E-state index in [-0.39, 0.29) is 30.9 Å². The van der Waals surface area contributed by atoms with Crippen LogP contribution in [0.3, 0.4) is 0 Å². The molecule has 0 aromatic heterocycles. The first-order valence-corrected chi connectivity index (χ1v) is 11.7. The van der Waals surface area contributed by atoms with Crippen LogP contribution in [-0.2, 0) is 32.0 Å². The molecule has 0 heterocycles. The summed E-state index contributed by atoms with van der Waals surface area (Å²) in [5.41, 5.74) is 7.44. The van der Waals surface area contributed by atoms with Crippen LogP contribution in [0.15, 0.2) is 54.6 Å². The molecule has 0 radical (unpaired) electrons. The van der Waals surface area contributed by atoms with Gasteiger partial charge in [0.15, 0.2) is 0 Å². The number of carbonyl (C=O) groups is 4. The zero-order valence-corrected chi connectivity index (χ0v) is 20.4. The third-order valence-electron chi connectivity index (χ3n) is 5.41. The van der Waals surface area contributed by atoms with Gasteiger partial charge in [0, 0.05) is 6.42 Å². The lowest BCUT2D eigenvalue weighted by Crippen LogP contribution is -2.54. The fraction of sp³-hybridized carbons (Fsp3) is 0.385. The molecule has 10 heteroatoms. The summed E-state index contributed by atoms with van der Waals surface area (Å²) < 4.78 is 0. The van der Waals surface area contributed by atoms with Gasteiger partial charge in [0.1, 0.15) is 17.8 Å². The third-order valence-corrected chi connectivity index (χ3v) is 5.41. The van der Waals surface area contributed by atoms with Crippen molar-refractivity contribution in [2.75, 3.05) is 6.54 Å². The highest BCUT2D eigenvalue weighted by Crippen LogP contribution is 2.11. The molecular formula is C26H34N4O6. The Bertz CT molecular complexity index is 1030. The largest absolute Gasteiger partial charge is 0.508 e. The van der Waals surface area contributed by atoms with E-state index in [1.165, 1.54) is 12.1 Å². The minimum Gasteiger partial charge on any atom is -0.508 e. The van der Waals surface area contributed by atoms with Gasteiger partial charge < -0.3 is 31.9 Å². The van der Waals surface area contributed by atoms with Gasteiger partial charge in [-0.1, -0.05) is 56.3 Å². The van der Waals surface area contributed by atoms with Crippen molar-refractivity contribution in [3.8, 4) is 5.75 Å². The van der Waals surface area contributed by atoms with Crippen LogP contribution in [0.4, 0.5) is 0 Å². The first-order valence-electron chi connectivity index (χ1n) is 11.7. The molecule has 0 unspecified atom stereocenters. The van der Waals surface area contributed by atoms with Crippen LogP contribution in [0, 0.1) is 5.92 Å². The fourth-order valence-electron chi connectivity index (χ4n) is 3.55. The monoisotopic (exact) mass is 498 g/mol. The number of nitrogens with two attached hydrogens (primary N) is 1. The van der Waals surface area contributed by atoms with Crippen molar-refractivity contribution in [1.29, 1.82) is 0 Å². The second-order valence-corrected chi connectivity index (χ2v) is 9.03. The molecule has 3 atom stereocenters. The predicted molar refractivity (Wildman–Crippen MR) is 134 cm³/mol. The Labute approximate surface area is 210 Å². The summed E-state index contributed by atoms with van der Waals surface area (Å²) in [6, 6.07) is 12.2. The van der Waals surface area contributed by atoms with Crippen molar-refractivity contribution < 1.29 is 29.4 Å². The first kappa shape index (κ1) is 28.3. The van der Waals surface area contributed by atoms with Crippen LogP contribution in [0.2, 0.25) is 0 Å². The molecular weight excluding hydrogens is 464 g/mol. The number of carboxylic acids is 1. The number of hydrogen-bond donors (Lipinski definition) is 6. The third kappa shape index (κ3) is 9.75. The van der Waals surface area contributed by atoms with E-state index in [1.54, 1.807) is 36.4 Å². The predicted octanol–water partition coefficient (Wildman–Crippen LogP) is 0.721. The molecule has 194 valence electrons. The van der Waals surface area contributed by atoms with Gasteiger partial charge in [-0.05, 0) is 42.0 Å². The Morgan fingerprint density at radius 1 is 0.833 bits per heavy atom. The van der Waals surface area contributed by atoms with Crippen molar-refractivity contribution in [2.45, 2.75) is 51.2 Å². The van der Waals surface area contributed by atoms with Crippen LogP contribution < -0.4 is 21.7 Å². The van der Waals surface area contributed by atoms with Crippen molar-refractivity contribution >= 4 is 23.7 Å². The molecule has 10 nitrogen and oxygen atoms in total. The number of rotatable bonds is 13. The van der Waals surface area contributed by atoms with Crippen LogP contribution in [-0.4, -0.2) is 58.6 Å². The Kier molecular flexibility index (Phi) is 10.9. The van der Waals surface area contributed by atoms with Gasteiger partial charge in [-0.3, -0.25) is 14.4 Å². The van der Waals surface area contributed by atoms with E-state index in [2.05, 4.69) is 16.0 Å². The zero-order chi connectivity index (χ0) is 26.7. The maximum absolute atomic E-state index is 12.9. The molecule has 2 aromatic rings. The van der Waals surface area contributed by atoms with E-state index in [4.69, 9.17) is 5.73 Å². The second kappa shape index (κ2) is 13.8. The van der Waals surface area contributed by atoms with Gasteiger partial charge in [0.05, 0.1) is 12.6 Å². The number of benzene rings is 2. The lowest BCUT2D eigenvalue weighted by atomic mass is 10.0. The van der Waals surface area contributed by atoms with Gasteiger partial charge in [0.25, 0.3) is 0 Å². The molecule has 0 saturated heterocycles. The van der Waals surface area contributed by atoms with E-state index in [1.807, 2.05) is 19.9 Å². The summed E-state index contributed by atoms with van der Waals surface area (Å²) in [5.74, 6) is -2.82. The van der Waals surface area contributed by atoms with Gasteiger partial charge in [-0.25, -0.2) is 4.79 Å². The van der Waals surface area contributed by atoms with Crippen molar-refractivity contribution in [3.63, 3.8) is 0 Å². The van der Waals surface area contributed by atoms with E-state index < -0.39 is 48.4 Å². The van der Waals surface area contributed by atoms with Crippen molar-refractivity contribution in [3.05, 3.63) is 65.7 Å². The van der Waals surface area contributed by atoms with Gasteiger partial charge in [-0.2, -0.15) is 0 Å². The highest BCUT2D eigenvalue weighted by atomic mass is 16.4. The molecule has 0 aliphatic rings. The Morgan fingerprint density at radius 2 is 1.44 bits per heavy atom.